The molecule has 0 aliphatic carbocycles. The molecule has 31 heavy (non-hydrogen) atoms. The molecule has 0 amide bonds. The first-order valence-electron chi connectivity index (χ1n) is 9.93. The second-order valence-electron chi connectivity index (χ2n) is 7.63. The highest BCUT2D eigenvalue weighted by atomic mass is 35.5. The van der Waals surface area contributed by atoms with E-state index in [1.54, 1.807) is 7.11 Å². The molecular formula is C22H25ClF3N3OS. The van der Waals surface area contributed by atoms with Gasteiger partial charge in [0.15, 0.2) is 5.11 Å². The van der Waals surface area contributed by atoms with Crippen LogP contribution in [0.15, 0.2) is 42.5 Å². The fraction of sp³-hybridized carbons (Fsp3) is 0.409. The van der Waals surface area contributed by atoms with Crippen molar-refractivity contribution in [2.75, 3.05) is 32.6 Å². The van der Waals surface area contributed by atoms with Crippen LogP contribution in [0, 0.1) is 0 Å². The van der Waals surface area contributed by atoms with Crippen LogP contribution >= 0.6 is 23.8 Å². The summed E-state index contributed by atoms with van der Waals surface area (Å²) < 4.78 is 44.2. The summed E-state index contributed by atoms with van der Waals surface area (Å²) in [6.45, 7) is 2.50. The molecular weight excluding hydrogens is 447 g/mol. The zero-order chi connectivity index (χ0) is 22.6. The van der Waals surface area contributed by atoms with Crippen LogP contribution in [0.5, 0.6) is 5.75 Å². The van der Waals surface area contributed by atoms with Gasteiger partial charge in [-0.2, -0.15) is 13.2 Å². The first-order valence-corrected chi connectivity index (χ1v) is 10.7. The lowest BCUT2D eigenvalue weighted by Gasteiger charge is -2.39. The first kappa shape index (κ1) is 23.6. The maximum absolute atomic E-state index is 13.0. The van der Waals surface area contributed by atoms with Crippen LogP contribution < -0.4 is 10.1 Å². The van der Waals surface area contributed by atoms with Gasteiger partial charge in [-0.25, -0.2) is 0 Å². The van der Waals surface area contributed by atoms with Crippen LogP contribution in [0.1, 0.15) is 24.0 Å². The normalized spacial score (nSPS) is 15.5. The number of nitrogens with one attached hydrogen (secondary N) is 1. The molecule has 2 aromatic carbocycles. The van der Waals surface area contributed by atoms with Gasteiger partial charge in [-0.15, -0.1) is 0 Å². The van der Waals surface area contributed by atoms with Gasteiger partial charge in [0.2, 0.25) is 0 Å². The summed E-state index contributed by atoms with van der Waals surface area (Å²) in [5.41, 5.74) is 0.626. The third-order valence-electron chi connectivity index (χ3n) is 5.43. The smallest absolute Gasteiger partial charge is 0.417 e. The van der Waals surface area contributed by atoms with E-state index in [4.69, 9.17) is 28.6 Å². The maximum Gasteiger partial charge on any atom is 0.417 e. The number of benzene rings is 2. The van der Waals surface area contributed by atoms with Gasteiger partial charge in [-0.05, 0) is 81.1 Å². The molecule has 2 aromatic rings. The van der Waals surface area contributed by atoms with E-state index in [0.717, 1.165) is 43.3 Å². The molecule has 3 rings (SSSR count). The van der Waals surface area contributed by atoms with Crippen LogP contribution in [0.4, 0.5) is 18.9 Å². The number of ether oxygens (including phenoxy) is 1. The Hall–Kier alpha value is -2.03. The average molecular weight is 472 g/mol. The molecule has 168 valence electrons. The van der Waals surface area contributed by atoms with Gasteiger partial charge in [0.05, 0.1) is 17.7 Å². The second kappa shape index (κ2) is 10.1. The monoisotopic (exact) mass is 471 g/mol. The van der Waals surface area contributed by atoms with E-state index >= 15 is 0 Å². The van der Waals surface area contributed by atoms with Crippen molar-refractivity contribution in [2.45, 2.75) is 31.6 Å². The Morgan fingerprint density at radius 1 is 1.19 bits per heavy atom. The summed E-state index contributed by atoms with van der Waals surface area (Å²) in [6, 6.07) is 11.6. The van der Waals surface area contributed by atoms with Gasteiger partial charge < -0.3 is 19.9 Å². The van der Waals surface area contributed by atoms with Gasteiger partial charge in [0.1, 0.15) is 5.75 Å². The van der Waals surface area contributed by atoms with Crippen molar-refractivity contribution < 1.29 is 17.9 Å². The van der Waals surface area contributed by atoms with E-state index in [9.17, 15) is 13.2 Å². The lowest BCUT2D eigenvalue weighted by molar-refractivity contribution is -0.137. The van der Waals surface area contributed by atoms with Crippen molar-refractivity contribution in [3.05, 3.63) is 58.6 Å². The molecule has 0 radical (unpaired) electrons. The number of alkyl halides is 3. The SMILES string of the molecule is COc1ccc(CN(C(=S)Nc2ccc(C(F)(F)F)c(Cl)c2)C2CCN(C)CC2)cc1. The number of piperidine rings is 1. The van der Waals surface area contributed by atoms with Crippen molar-refractivity contribution >= 4 is 34.6 Å². The largest absolute Gasteiger partial charge is 0.497 e. The molecule has 1 fully saturated rings. The number of thiocarbonyl (C=S) groups is 1. The molecule has 1 saturated heterocycles. The topological polar surface area (TPSA) is 27.7 Å². The van der Waals surface area contributed by atoms with Crippen molar-refractivity contribution in [3.8, 4) is 5.75 Å². The molecule has 1 heterocycles. The number of rotatable bonds is 5. The molecule has 0 saturated carbocycles. The minimum absolute atomic E-state index is 0.225. The molecule has 0 atom stereocenters. The number of methoxy groups -OCH3 is 1. The number of halogens is 4. The Balaban J connectivity index is 1.79. The van der Waals surface area contributed by atoms with E-state index in [1.165, 1.54) is 12.1 Å². The molecule has 1 N–H and O–H groups in total. The Morgan fingerprint density at radius 3 is 2.39 bits per heavy atom. The van der Waals surface area contributed by atoms with E-state index in [1.807, 2.05) is 24.3 Å². The highest BCUT2D eigenvalue weighted by Crippen LogP contribution is 2.36. The predicted molar refractivity (Wildman–Crippen MR) is 122 cm³/mol. The minimum atomic E-state index is -4.50. The Labute approximate surface area is 190 Å². The number of anilines is 1. The predicted octanol–water partition coefficient (Wildman–Crippen LogP) is 5.66. The lowest BCUT2D eigenvalue weighted by atomic mass is 10.0. The molecule has 0 aromatic heterocycles. The zero-order valence-corrected chi connectivity index (χ0v) is 18.9. The summed E-state index contributed by atoms with van der Waals surface area (Å²) in [4.78, 5) is 4.38. The summed E-state index contributed by atoms with van der Waals surface area (Å²) >= 11 is 11.5. The van der Waals surface area contributed by atoms with Gasteiger partial charge >= 0.3 is 6.18 Å². The molecule has 9 heteroatoms. The number of hydrogen-bond acceptors (Lipinski definition) is 3. The summed E-state index contributed by atoms with van der Waals surface area (Å²) in [6.07, 6.45) is -2.60. The van der Waals surface area contributed by atoms with Crippen molar-refractivity contribution in [1.82, 2.24) is 9.80 Å². The summed E-state index contributed by atoms with van der Waals surface area (Å²) in [5.74, 6) is 0.773. The van der Waals surface area contributed by atoms with Gasteiger partial charge in [-0.3, -0.25) is 0 Å². The van der Waals surface area contributed by atoms with Crippen LogP contribution in [0.2, 0.25) is 5.02 Å². The standard InChI is InChI=1S/C22H25ClF3N3OS/c1-28-11-9-17(10-12-28)29(14-15-3-6-18(30-2)7-4-15)21(31)27-16-5-8-19(20(23)13-16)22(24,25)26/h3-8,13,17H,9-12,14H2,1-2H3,(H,27,31). The molecule has 0 unspecified atom stereocenters. The van der Waals surface area contributed by atoms with Crippen molar-refractivity contribution in [2.24, 2.45) is 0 Å². The fourth-order valence-electron chi connectivity index (χ4n) is 3.62. The van der Waals surface area contributed by atoms with Crippen LogP contribution in [0.3, 0.4) is 0 Å². The quantitative estimate of drug-likeness (QED) is 0.568. The minimum Gasteiger partial charge on any atom is -0.497 e. The third kappa shape index (κ3) is 6.24. The molecule has 0 spiro atoms. The number of hydrogen-bond donors (Lipinski definition) is 1. The summed E-state index contributed by atoms with van der Waals surface area (Å²) in [7, 11) is 3.71. The highest BCUT2D eigenvalue weighted by Gasteiger charge is 2.33. The van der Waals surface area contributed by atoms with E-state index in [-0.39, 0.29) is 11.1 Å². The van der Waals surface area contributed by atoms with Crippen LogP contribution in [-0.4, -0.2) is 48.2 Å². The molecule has 1 aliphatic rings. The lowest BCUT2D eigenvalue weighted by Crippen LogP contribution is -2.47. The number of nitrogens with zero attached hydrogens (tertiary/aromatic N) is 2. The Kier molecular flexibility index (Phi) is 7.67. The van der Waals surface area contributed by atoms with E-state index in [0.29, 0.717) is 17.3 Å². The summed E-state index contributed by atoms with van der Waals surface area (Å²) in [5, 5.41) is 3.18. The van der Waals surface area contributed by atoms with Crippen molar-refractivity contribution in [1.29, 1.82) is 0 Å². The van der Waals surface area contributed by atoms with Gasteiger partial charge in [0.25, 0.3) is 0 Å². The van der Waals surface area contributed by atoms with Gasteiger partial charge in [0, 0.05) is 18.3 Å². The molecule has 1 aliphatic heterocycles. The van der Waals surface area contributed by atoms with Crippen LogP contribution in [-0.2, 0) is 12.7 Å². The van der Waals surface area contributed by atoms with E-state index < -0.39 is 11.7 Å². The zero-order valence-electron chi connectivity index (χ0n) is 17.4. The number of likely N-dealkylation sites (tertiary alicyclic amines) is 1. The highest BCUT2D eigenvalue weighted by molar-refractivity contribution is 7.80. The maximum atomic E-state index is 13.0. The Morgan fingerprint density at radius 2 is 1.84 bits per heavy atom. The average Bonchev–Trinajstić information content (AvgIpc) is 2.72. The van der Waals surface area contributed by atoms with Gasteiger partial charge in [-0.1, -0.05) is 23.7 Å². The Bertz CT molecular complexity index is 900. The molecule has 4 nitrogen and oxygen atoms in total. The van der Waals surface area contributed by atoms with Crippen LogP contribution in [0.25, 0.3) is 0 Å². The first-order chi connectivity index (χ1) is 14.7. The fourth-order valence-corrected chi connectivity index (χ4v) is 4.24. The third-order valence-corrected chi connectivity index (χ3v) is 6.08. The molecule has 0 bridgehead atoms. The van der Waals surface area contributed by atoms with E-state index in [2.05, 4.69) is 22.2 Å². The van der Waals surface area contributed by atoms with Crippen molar-refractivity contribution in [3.63, 3.8) is 0 Å². The second-order valence-corrected chi connectivity index (χ2v) is 8.43.